The van der Waals surface area contributed by atoms with E-state index >= 15 is 0 Å². The van der Waals surface area contributed by atoms with Gasteiger partial charge in [-0.05, 0) is 51.3 Å². The minimum Gasteiger partial charge on any atom is -0.480 e. The molecule has 122 valence electrons. The Labute approximate surface area is 135 Å². The fraction of sp³-hybridized carbons (Fsp3) is 0.500. The van der Waals surface area contributed by atoms with E-state index < -0.39 is 17.9 Å². The van der Waals surface area contributed by atoms with Gasteiger partial charge in [0.2, 0.25) is 0 Å². The molecule has 0 heterocycles. The molecule has 5 nitrogen and oxygen atoms in total. The van der Waals surface area contributed by atoms with Crippen LogP contribution < -0.4 is 5.32 Å². The Bertz CT molecular complexity index is 508. The van der Waals surface area contributed by atoms with E-state index in [1.54, 1.807) is 23.9 Å². The number of carbonyl (C=O) groups is 2. The molecule has 6 heteroatoms. The molecule has 0 fully saturated rings. The van der Waals surface area contributed by atoms with Gasteiger partial charge in [-0.2, -0.15) is 0 Å². The highest BCUT2D eigenvalue weighted by Crippen LogP contribution is 2.15. The highest BCUT2D eigenvalue weighted by molar-refractivity contribution is 7.98. The molecule has 0 aliphatic rings. The lowest BCUT2D eigenvalue weighted by molar-refractivity contribution is -0.140. The van der Waals surface area contributed by atoms with Gasteiger partial charge in [0.05, 0.1) is 5.60 Å². The number of hydrogen-bond donors (Lipinski definition) is 2. The number of rotatable bonds is 7. The predicted octanol–water partition coefficient (Wildman–Crippen LogP) is 2.80. The van der Waals surface area contributed by atoms with Gasteiger partial charge in [-0.3, -0.25) is 4.79 Å². The SMILES string of the molecule is CSc1ccc(C(=O)NC(CCOC(C)(C)C)C(=O)O)cc1. The van der Waals surface area contributed by atoms with Crippen molar-refractivity contribution in [2.24, 2.45) is 0 Å². The van der Waals surface area contributed by atoms with Gasteiger partial charge in [0.25, 0.3) is 5.91 Å². The van der Waals surface area contributed by atoms with Crippen LogP contribution in [0, 0.1) is 0 Å². The van der Waals surface area contributed by atoms with Gasteiger partial charge >= 0.3 is 5.97 Å². The van der Waals surface area contributed by atoms with Crippen molar-refractivity contribution in [2.75, 3.05) is 12.9 Å². The molecule has 1 atom stereocenters. The van der Waals surface area contributed by atoms with Crippen molar-refractivity contribution in [3.63, 3.8) is 0 Å². The number of carbonyl (C=O) groups excluding carboxylic acids is 1. The molecule has 0 aliphatic heterocycles. The van der Waals surface area contributed by atoms with Crippen LogP contribution in [0.4, 0.5) is 0 Å². The summed E-state index contributed by atoms with van der Waals surface area (Å²) in [5.74, 6) is -1.46. The average Bonchev–Trinajstić information content (AvgIpc) is 2.44. The van der Waals surface area contributed by atoms with Crippen molar-refractivity contribution < 1.29 is 19.4 Å². The molecular weight excluding hydrogens is 302 g/mol. The van der Waals surface area contributed by atoms with Crippen molar-refractivity contribution in [3.05, 3.63) is 29.8 Å². The summed E-state index contributed by atoms with van der Waals surface area (Å²) in [4.78, 5) is 24.4. The molecule has 0 aromatic heterocycles. The van der Waals surface area contributed by atoms with Gasteiger partial charge in [-0.15, -0.1) is 11.8 Å². The second-order valence-corrected chi connectivity index (χ2v) is 6.72. The Morgan fingerprint density at radius 2 is 1.86 bits per heavy atom. The fourth-order valence-corrected chi connectivity index (χ4v) is 2.13. The highest BCUT2D eigenvalue weighted by Gasteiger charge is 2.21. The lowest BCUT2D eigenvalue weighted by Crippen LogP contribution is -2.42. The van der Waals surface area contributed by atoms with E-state index in [1.165, 1.54) is 0 Å². The van der Waals surface area contributed by atoms with Crippen LogP contribution in [0.3, 0.4) is 0 Å². The molecule has 0 bridgehead atoms. The van der Waals surface area contributed by atoms with Gasteiger partial charge in [0, 0.05) is 23.5 Å². The molecule has 0 saturated carbocycles. The van der Waals surface area contributed by atoms with Crippen LogP contribution in [-0.4, -0.2) is 41.5 Å². The molecule has 0 radical (unpaired) electrons. The molecule has 2 N–H and O–H groups in total. The standard InChI is InChI=1S/C16H23NO4S/c1-16(2,3)21-10-9-13(15(19)20)17-14(18)11-5-7-12(22-4)8-6-11/h5-8,13H,9-10H2,1-4H3,(H,17,18)(H,19,20). The minimum atomic E-state index is -1.06. The first-order chi connectivity index (χ1) is 10.2. The number of thioether (sulfide) groups is 1. The number of hydrogen-bond acceptors (Lipinski definition) is 4. The van der Waals surface area contributed by atoms with E-state index in [1.807, 2.05) is 39.2 Å². The lowest BCUT2D eigenvalue weighted by atomic mass is 10.1. The van der Waals surface area contributed by atoms with E-state index in [2.05, 4.69) is 5.32 Å². The van der Waals surface area contributed by atoms with Crippen molar-refractivity contribution in [2.45, 2.75) is 43.7 Å². The van der Waals surface area contributed by atoms with E-state index in [0.29, 0.717) is 5.56 Å². The smallest absolute Gasteiger partial charge is 0.326 e. The molecule has 0 saturated heterocycles. The van der Waals surface area contributed by atoms with Gasteiger partial charge in [-0.1, -0.05) is 0 Å². The second-order valence-electron chi connectivity index (χ2n) is 5.84. The monoisotopic (exact) mass is 325 g/mol. The van der Waals surface area contributed by atoms with Crippen LogP contribution in [0.15, 0.2) is 29.2 Å². The number of ether oxygens (including phenoxy) is 1. The molecule has 1 aromatic rings. The minimum absolute atomic E-state index is 0.223. The summed E-state index contributed by atoms with van der Waals surface area (Å²) in [5.41, 5.74) is 0.113. The van der Waals surface area contributed by atoms with Crippen molar-refractivity contribution in [1.82, 2.24) is 5.32 Å². The second kappa shape index (κ2) is 8.19. The van der Waals surface area contributed by atoms with Crippen LogP contribution in [0.1, 0.15) is 37.6 Å². The topological polar surface area (TPSA) is 75.6 Å². The van der Waals surface area contributed by atoms with Crippen LogP contribution in [0.5, 0.6) is 0 Å². The Hall–Kier alpha value is -1.53. The zero-order valence-electron chi connectivity index (χ0n) is 13.4. The summed E-state index contributed by atoms with van der Waals surface area (Å²) >= 11 is 1.58. The van der Waals surface area contributed by atoms with Crippen LogP contribution >= 0.6 is 11.8 Å². The van der Waals surface area contributed by atoms with Gasteiger partial charge < -0.3 is 15.2 Å². The van der Waals surface area contributed by atoms with Crippen LogP contribution in [-0.2, 0) is 9.53 Å². The molecule has 0 aliphatic carbocycles. The highest BCUT2D eigenvalue weighted by atomic mass is 32.2. The molecule has 1 amide bonds. The third kappa shape index (κ3) is 6.49. The third-order valence-electron chi connectivity index (χ3n) is 2.90. The number of carboxylic acids is 1. The molecule has 1 unspecified atom stereocenters. The molecule has 1 aromatic carbocycles. The third-order valence-corrected chi connectivity index (χ3v) is 3.64. The number of benzene rings is 1. The zero-order valence-corrected chi connectivity index (χ0v) is 14.2. The maximum absolute atomic E-state index is 12.1. The summed E-state index contributed by atoms with van der Waals surface area (Å²) in [6, 6.07) is 6.07. The van der Waals surface area contributed by atoms with Crippen LogP contribution in [0.2, 0.25) is 0 Å². The summed E-state index contributed by atoms with van der Waals surface area (Å²) in [6.45, 7) is 5.96. The van der Waals surface area contributed by atoms with Gasteiger partial charge in [0.15, 0.2) is 0 Å². The van der Waals surface area contributed by atoms with E-state index in [4.69, 9.17) is 4.74 Å². The average molecular weight is 325 g/mol. The molecule has 22 heavy (non-hydrogen) atoms. The first kappa shape index (κ1) is 18.5. The van der Waals surface area contributed by atoms with Gasteiger partial charge in [-0.25, -0.2) is 4.79 Å². The molecule has 0 spiro atoms. The fourth-order valence-electron chi connectivity index (χ4n) is 1.72. The van der Waals surface area contributed by atoms with Gasteiger partial charge in [0.1, 0.15) is 6.04 Å². The quantitative estimate of drug-likeness (QED) is 0.754. The number of nitrogens with one attached hydrogen (secondary N) is 1. The summed E-state index contributed by atoms with van der Waals surface area (Å²) < 4.78 is 5.51. The Balaban J connectivity index is 2.61. The van der Waals surface area contributed by atoms with E-state index in [9.17, 15) is 14.7 Å². The number of aliphatic carboxylic acids is 1. The maximum Gasteiger partial charge on any atom is 0.326 e. The summed E-state index contributed by atoms with van der Waals surface area (Å²) in [6.07, 6.45) is 2.17. The normalized spacial score (nSPS) is 12.7. The van der Waals surface area contributed by atoms with Crippen LogP contribution in [0.25, 0.3) is 0 Å². The van der Waals surface area contributed by atoms with E-state index in [0.717, 1.165) is 4.90 Å². The first-order valence-electron chi connectivity index (χ1n) is 7.04. The lowest BCUT2D eigenvalue weighted by Gasteiger charge is -2.21. The number of carboxylic acid groups (broad SMARTS) is 1. The first-order valence-corrected chi connectivity index (χ1v) is 8.27. The van der Waals surface area contributed by atoms with Crippen molar-refractivity contribution in [3.8, 4) is 0 Å². The van der Waals surface area contributed by atoms with Crippen molar-refractivity contribution in [1.29, 1.82) is 0 Å². The largest absolute Gasteiger partial charge is 0.480 e. The number of amides is 1. The molecular formula is C16H23NO4S. The van der Waals surface area contributed by atoms with Crippen molar-refractivity contribution >= 4 is 23.6 Å². The maximum atomic E-state index is 12.1. The van der Waals surface area contributed by atoms with E-state index in [-0.39, 0.29) is 18.6 Å². The Morgan fingerprint density at radius 3 is 2.32 bits per heavy atom. The Morgan fingerprint density at radius 1 is 1.27 bits per heavy atom. The molecule has 1 rings (SSSR count). The summed E-state index contributed by atoms with van der Waals surface area (Å²) in [7, 11) is 0. The zero-order chi connectivity index (χ0) is 16.8. The summed E-state index contributed by atoms with van der Waals surface area (Å²) in [5, 5.41) is 11.7. The Kier molecular flexibility index (Phi) is 6.90. The predicted molar refractivity (Wildman–Crippen MR) is 87.4 cm³/mol.